The number of aromatic nitrogens is 4. The van der Waals surface area contributed by atoms with Gasteiger partial charge >= 0.3 is 5.69 Å². The summed E-state index contributed by atoms with van der Waals surface area (Å²) in [4.78, 5) is 14.4. The molecule has 0 saturated carbocycles. The van der Waals surface area contributed by atoms with Crippen LogP contribution in [0.3, 0.4) is 0 Å². The zero-order valence-electron chi connectivity index (χ0n) is 12.1. The Morgan fingerprint density at radius 1 is 1.38 bits per heavy atom. The van der Waals surface area contributed by atoms with Crippen LogP contribution in [-0.4, -0.2) is 19.3 Å². The Morgan fingerprint density at radius 3 is 2.81 bits per heavy atom. The highest BCUT2D eigenvalue weighted by Crippen LogP contribution is 2.21. The van der Waals surface area contributed by atoms with Crippen LogP contribution < -0.4 is 11.0 Å². The van der Waals surface area contributed by atoms with Gasteiger partial charge in [-0.25, -0.2) is 4.79 Å². The van der Waals surface area contributed by atoms with Crippen molar-refractivity contribution in [1.82, 2.24) is 19.3 Å². The Bertz CT molecular complexity index is 873. The monoisotopic (exact) mass is 305 g/mol. The molecule has 0 aliphatic rings. The van der Waals surface area contributed by atoms with E-state index in [1.807, 2.05) is 32.2 Å². The van der Waals surface area contributed by atoms with Gasteiger partial charge in [-0.1, -0.05) is 11.6 Å². The van der Waals surface area contributed by atoms with E-state index in [1.54, 1.807) is 16.3 Å². The van der Waals surface area contributed by atoms with E-state index in [0.29, 0.717) is 11.7 Å². The minimum Gasteiger partial charge on any atom is -0.381 e. The summed E-state index contributed by atoms with van der Waals surface area (Å²) in [5.74, 6) is 0. The maximum absolute atomic E-state index is 11.6. The van der Waals surface area contributed by atoms with Crippen LogP contribution in [-0.2, 0) is 20.6 Å². The molecule has 0 atom stereocenters. The summed E-state index contributed by atoms with van der Waals surface area (Å²) < 4.78 is 3.25. The summed E-state index contributed by atoms with van der Waals surface area (Å²) in [6.07, 6.45) is 0. The lowest BCUT2D eigenvalue weighted by Crippen LogP contribution is -2.11. The molecule has 21 heavy (non-hydrogen) atoms. The summed E-state index contributed by atoms with van der Waals surface area (Å²) in [6, 6.07) is 5.75. The Balaban J connectivity index is 1.88. The van der Waals surface area contributed by atoms with Crippen LogP contribution in [0.15, 0.2) is 23.0 Å². The van der Waals surface area contributed by atoms with Crippen molar-refractivity contribution in [2.45, 2.75) is 13.5 Å². The molecule has 7 heteroatoms. The number of aromatic amines is 1. The molecular weight excluding hydrogens is 290 g/mol. The van der Waals surface area contributed by atoms with Gasteiger partial charge in [0.2, 0.25) is 0 Å². The van der Waals surface area contributed by atoms with Gasteiger partial charge in [0.05, 0.1) is 16.7 Å². The molecule has 2 aromatic heterocycles. The van der Waals surface area contributed by atoms with Gasteiger partial charge in [-0.2, -0.15) is 5.10 Å². The van der Waals surface area contributed by atoms with Gasteiger partial charge in [0.25, 0.3) is 0 Å². The average Bonchev–Trinajstić information content (AvgIpc) is 2.86. The average molecular weight is 306 g/mol. The van der Waals surface area contributed by atoms with Crippen molar-refractivity contribution in [2.75, 3.05) is 5.32 Å². The van der Waals surface area contributed by atoms with Gasteiger partial charge in [0, 0.05) is 31.9 Å². The maximum Gasteiger partial charge on any atom is 0.326 e. The quantitative estimate of drug-likeness (QED) is 0.779. The van der Waals surface area contributed by atoms with E-state index in [4.69, 9.17) is 11.6 Å². The molecule has 0 aliphatic heterocycles. The van der Waals surface area contributed by atoms with E-state index in [2.05, 4.69) is 15.4 Å². The standard InChI is InChI=1S/C14H16ClN5O/c1-8-10(13(15)20(3)18-8)7-16-9-4-5-11-12(6-9)19(2)14(21)17-11/h4-6,16H,7H2,1-3H3,(H,17,21). The molecule has 0 amide bonds. The summed E-state index contributed by atoms with van der Waals surface area (Å²) in [5.41, 5.74) is 4.37. The zero-order chi connectivity index (χ0) is 15.1. The second kappa shape index (κ2) is 4.96. The van der Waals surface area contributed by atoms with Gasteiger partial charge in [-0.15, -0.1) is 0 Å². The van der Waals surface area contributed by atoms with Crippen LogP contribution >= 0.6 is 11.6 Å². The van der Waals surface area contributed by atoms with Gasteiger partial charge < -0.3 is 10.3 Å². The van der Waals surface area contributed by atoms with Crippen LogP contribution in [0.1, 0.15) is 11.3 Å². The van der Waals surface area contributed by atoms with Crippen molar-refractivity contribution in [3.05, 3.63) is 45.1 Å². The highest BCUT2D eigenvalue weighted by atomic mass is 35.5. The van der Waals surface area contributed by atoms with Gasteiger partial charge in [-0.05, 0) is 25.1 Å². The first-order valence-electron chi connectivity index (χ1n) is 6.58. The second-order valence-electron chi connectivity index (χ2n) is 5.05. The Morgan fingerprint density at radius 2 is 2.14 bits per heavy atom. The number of nitrogens with zero attached hydrogens (tertiary/aromatic N) is 3. The molecule has 0 saturated heterocycles. The highest BCUT2D eigenvalue weighted by molar-refractivity contribution is 6.30. The van der Waals surface area contributed by atoms with E-state index in [9.17, 15) is 4.79 Å². The predicted octanol–water partition coefficient (Wildman–Crippen LogP) is 2.17. The molecule has 2 N–H and O–H groups in total. The van der Waals surface area contributed by atoms with Crippen molar-refractivity contribution in [2.24, 2.45) is 14.1 Å². The first-order chi connectivity index (χ1) is 9.97. The third kappa shape index (κ3) is 2.31. The lowest BCUT2D eigenvalue weighted by atomic mass is 10.2. The topological polar surface area (TPSA) is 67.6 Å². The van der Waals surface area contributed by atoms with Gasteiger partial charge in [-0.3, -0.25) is 9.25 Å². The van der Waals surface area contributed by atoms with E-state index in [0.717, 1.165) is 28.0 Å². The molecule has 3 aromatic rings. The first kappa shape index (κ1) is 13.8. The fourth-order valence-corrected chi connectivity index (χ4v) is 2.64. The number of imidazole rings is 1. The Hall–Kier alpha value is -2.21. The second-order valence-corrected chi connectivity index (χ2v) is 5.41. The summed E-state index contributed by atoms with van der Waals surface area (Å²) in [5, 5.41) is 8.24. The highest BCUT2D eigenvalue weighted by Gasteiger charge is 2.11. The Kier molecular flexibility index (Phi) is 3.25. The van der Waals surface area contributed by atoms with Crippen molar-refractivity contribution >= 4 is 28.3 Å². The molecule has 110 valence electrons. The molecular formula is C14H16ClN5O. The van der Waals surface area contributed by atoms with E-state index < -0.39 is 0 Å². The van der Waals surface area contributed by atoms with Crippen molar-refractivity contribution in [1.29, 1.82) is 0 Å². The largest absolute Gasteiger partial charge is 0.381 e. The molecule has 0 fully saturated rings. The molecule has 6 nitrogen and oxygen atoms in total. The SMILES string of the molecule is Cc1nn(C)c(Cl)c1CNc1ccc2[nH]c(=O)n(C)c2c1. The third-order valence-electron chi connectivity index (χ3n) is 3.64. The van der Waals surface area contributed by atoms with Crippen LogP contribution in [0, 0.1) is 6.92 Å². The lowest BCUT2D eigenvalue weighted by molar-refractivity contribution is 0.757. The van der Waals surface area contributed by atoms with Crippen molar-refractivity contribution in [3.8, 4) is 0 Å². The number of hydrogen-bond donors (Lipinski definition) is 2. The number of aryl methyl sites for hydroxylation is 3. The zero-order valence-corrected chi connectivity index (χ0v) is 12.8. The Labute approximate surface area is 126 Å². The normalized spacial score (nSPS) is 11.2. The summed E-state index contributed by atoms with van der Waals surface area (Å²) >= 11 is 6.21. The molecule has 0 bridgehead atoms. The smallest absolute Gasteiger partial charge is 0.326 e. The van der Waals surface area contributed by atoms with Crippen LogP contribution in [0.25, 0.3) is 11.0 Å². The fraction of sp³-hybridized carbons (Fsp3) is 0.286. The van der Waals surface area contributed by atoms with Crippen LogP contribution in [0.2, 0.25) is 5.15 Å². The van der Waals surface area contributed by atoms with E-state index in [-0.39, 0.29) is 5.69 Å². The number of rotatable bonds is 3. The molecule has 0 radical (unpaired) electrons. The van der Waals surface area contributed by atoms with Gasteiger partial charge in [0.15, 0.2) is 0 Å². The molecule has 0 unspecified atom stereocenters. The number of halogens is 1. The van der Waals surface area contributed by atoms with Crippen LogP contribution in [0.5, 0.6) is 0 Å². The summed E-state index contributed by atoms with van der Waals surface area (Å²) in [6.45, 7) is 2.52. The van der Waals surface area contributed by atoms with Crippen molar-refractivity contribution < 1.29 is 0 Å². The molecule has 0 spiro atoms. The fourth-order valence-electron chi connectivity index (χ4n) is 2.40. The number of benzene rings is 1. The van der Waals surface area contributed by atoms with E-state index in [1.165, 1.54) is 0 Å². The predicted molar refractivity (Wildman–Crippen MR) is 83.8 cm³/mol. The number of H-pyrrole nitrogens is 1. The number of anilines is 1. The molecule has 1 aromatic carbocycles. The molecule has 2 heterocycles. The van der Waals surface area contributed by atoms with Gasteiger partial charge in [0.1, 0.15) is 5.15 Å². The maximum atomic E-state index is 11.6. The minimum absolute atomic E-state index is 0.117. The number of fused-ring (bicyclic) bond motifs is 1. The number of nitrogens with one attached hydrogen (secondary N) is 2. The number of hydrogen-bond acceptors (Lipinski definition) is 3. The molecule has 3 rings (SSSR count). The lowest BCUT2D eigenvalue weighted by Gasteiger charge is -2.07. The van der Waals surface area contributed by atoms with Crippen molar-refractivity contribution in [3.63, 3.8) is 0 Å². The minimum atomic E-state index is -0.117. The summed E-state index contributed by atoms with van der Waals surface area (Å²) in [7, 11) is 3.56. The van der Waals surface area contributed by atoms with E-state index >= 15 is 0 Å². The molecule has 0 aliphatic carbocycles. The van der Waals surface area contributed by atoms with Crippen LogP contribution in [0.4, 0.5) is 5.69 Å². The third-order valence-corrected chi connectivity index (χ3v) is 4.12. The first-order valence-corrected chi connectivity index (χ1v) is 6.96.